The first-order valence-corrected chi connectivity index (χ1v) is 5.97. The van der Waals surface area contributed by atoms with Gasteiger partial charge < -0.3 is 15.7 Å². The Morgan fingerprint density at radius 3 is 2.48 bits per heavy atom. The summed E-state index contributed by atoms with van der Waals surface area (Å²) in [6.45, 7) is 1.70. The number of hydrogen-bond acceptors (Lipinski definition) is 3. The molecule has 0 unspecified atom stereocenters. The SMILES string of the molecule is Cc1cc(F)cc(NC(=O)Nc2cncc(C(=O)O)c2)c1. The van der Waals surface area contributed by atoms with Crippen LogP contribution in [0.2, 0.25) is 0 Å². The van der Waals surface area contributed by atoms with E-state index in [1.807, 2.05) is 0 Å². The van der Waals surface area contributed by atoms with Crippen LogP contribution in [-0.4, -0.2) is 22.1 Å². The number of nitrogens with zero attached hydrogens (tertiary/aromatic N) is 1. The fourth-order valence-electron chi connectivity index (χ4n) is 1.73. The molecule has 0 saturated carbocycles. The molecule has 2 rings (SSSR count). The van der Waals surface area contributed by atoms with Gasteiger partial charge in [0.25, 0.3) is 0 Å². The molecule has 0 saturated heterocycles. The Kier molecular flexibility index (Phi) is 4.13. The van der Waals surface area contributed by atoms with E-state index in [0.717, 1.165) is 0 Å². The number of carbonyl (C=O) groups is 2. The number of nitrogens with one attached hydrogen (secondary N) is 2. The molecule has 2 amide bonds. The van der Waals surface area contributed by atoms with Crippen molar-refractivity contribution in [3.8, 4) is 0 Å². The summed E-state index contributed by atoms with van der Waals surface area (Å²) >= 11 is 0. The summed E-state index contributed by atoms with van der Waals surface area (Å²) < 4.78 is 13.2. The lowest BCUT2D eigenvalue weighted by Gasteiger charge is -2.08. The zero-order valence-corrected chi connectivity index (χ0v) is 11.1. The maximum atomic E-state index is 13.2. The Morgan fingerprint density at radius 1 is 1.10 bits per heavy atom. The van der Waals surface area contributed by atoms with E-state index in [9.17, 15) is 14.0 Å². The lowest BCUT2D eigenvalue weighted by atomic mass is 10.2. The second-order valence-corrected chi connectivity index (χ2v) is 4.36. The number of aryl methyl sites for hydroxylation is 1. The zero-order valence-electron chi connectivity index (χ0n) is 11.1. The molecule has 1 aromatic heterocycles. The van der Waals surface area contributed by atoms with Crippen LogP contribution in [0.5, 0.6) is 0 Å². The van der Waals surface area contributed by atoms with Crippen molar-refractivity contribution in [2.45, 2.75) is 6.92 Å². The first-order chi connectivity index (χ1) is 9.94. The normalized spacial score (nSPS) is 10.0. The second-order valence-electron chi connectivity index (χ2n) is 4.36. The van der Waals surface area contributed by atoms with Crippen LogP contribution in [0.4, 0.5) is 20.6 Å². The van der Waals surface area contributed by atoms with Gasteiger partial charge in [-0.15, -0.1) is 0 Å². The van der Waals surface area contributed by atoms with Gasteiger partial charge in [0.1, 0.15) is 5.82 Å². The number of carboxylic acids is 1. The average molecular weight is 289 g/mol. The molecule has 0 fully saturated rings. The number of pyridine rings is 1. The van der Waals surface area contributed by atoms with Gasteiger partial charge in [-0.3, -0.25) is 4.98 Å². The summed E-state index contributed by atoms with van der Waals surface area (Å²) in [5, 5.41) is 13.7. The summed E-state index contributed by atoms with van der Waals surface area (Å²) in [7, 11) is 0. The Morgan fingerprint density at radius 2 is 1.81 bits per heavy atom. The molecule has 2 aromatic rings. The van der Waals surface area contributed by atoms with Crippen LogP contribution in [0.15, 0.2) is 36.7 Å². The summed E-state index contributed by atoms with van der Waals surface area (Å²) in [6.07, 6.45) is 2.48. The summed E-state index contributed by atoms with van der Waals surface area (Å²) in [5.74, 6) is -1.60. The summed E-state index contributed by atoms with van der Waals surface area (Å²) in [4.78, 5) is 26.3. The molecule has 0 atom stereocenters. The van der Waals surface area contributed by atoms with Crippen molar-refractivity contribution in [1.82, 2.24) is 4.98 Å². The number of carbonyl (C=O) groups excluding carboxylic acids is 1. The molecule has 7 heteroatoms. The Bertz CT molecular complexity index is 683. The van der Waals surface area contributed by atoms with Crippen LogP contribution >= 0.6 is 0 Å². The molecule has 21 heavy (non-hydrogen) atoms. The number of aromatic nitrogens is 1. The number of carboxylic acid groups (broad SMARTS) is 1. The molecule has 0 aliphatic carbocycles. The number of anilines is 2. The Labute approximate surface area is 119 Å². The minimum absolute atomic E-state index is 0.0469. The quantitative estimate of drug-likeness (QED) is 0.810. The van der Waals surface area contributed by atoms with Crippen molar-refractivity contribution in [3.63, 3.8) is 0 Å². The van der Waals surface area contributed by atoms with Crippen molar-refractivity contribution in [3.05, 3.63) is 53.6 Å². The molecular weight excluding hydrogens is 277 g/mol. The lowest BCUT2D eigenvalue weighted by Crippen LogP contribution is -2.20. The standard InChI is InChI=1S/C14H12FN3O3/c1-8-2-10(15)5-11(3-8)17-14(21)18-12-4-9(13(19)20)6-16-7-12/h2-7H,1H3,(H,19,20)(H2,17,18,21). The van der Waals surface area contributed by atoms with Crippen LogP contribution in [0, 0.1) is 12.7 Å². The topological polar surface area (TPSA) is 91.3 Å². The number of benzene rings is 1. The number of urea groups is 1. The molecule has 1 aromatic carbocycles. The van der Waals surface area contributed by atoms with Crippen LogP contribution < -0.4 is 10.6 Å². The van der Waals surface area contributed by atoms with Crippen molar-refractivity contribution in [2.24, 2.45) is 0 Å². The van der Waals surface area contributed by atoms with Gasteiger partial charge in [0, 0.05) is 11.9 Å². The predicted molar refractivity (Wildman–Crippen MR) is 75.0 cm³/mol. The van der Waals surface area contributed by atoms with Crippen molar-refractivity contribution in [1.29, 1.82) is 0 Å². The molecule has 0 radical (unpaired) electrons. The van der Waals surface area contributed by atoms with E-state index in [1.54, 1.807) is 13.0 Å². The maximum Gasteiger partial charge on any atom is 0.337 e. The van der Waals surface area contributed by atoms with E-state index >= 15 is 0 Å². The largest absolute Gasteiger partial charge is 0.478 e. The highest BCUT2D eigenvalue weighted by molar-refractivity contribution is 6.00. The number of rotatable bonds is 3. The smallest absolute Gasteiger partial charge is 0.337 e. The van der Waals surface area contributed by atoms with Crippen molar-refractivity contribution >= 4 is 23.4 Å². The fourth-order valence-corrected chi connectivity index (χ4v) is 1.73. The first-order valence-electron chi connectivity index (χ1n) is 5.97. The van der Waals surface area contributed by atoms with Gasteiger partial charge in [0.15, 0.2) is 0 Å². The second kappa shape index (κ2) is 6.00. The molecule has 0 aliphatic rings. The van der Waals surface area contributed by atoms with E-state index in [1.165, 1.54) is 30.6 Å². The van der Waals surface area contributed by atoms with Gasteiger partial charge >= 0.3 is 12.0 Å². The van der Waals surface area contributed by atoms with E-state index < -0.39 is 17.8 Å². The van der Waals surface area contributed by atoms with Gasteiger partial charge in [-0.2, -0.15) is 0 Å². The van der Waals surface area contributed by atoms with Crippen molar-refractivity contribution < 1.29 is 19.1 Å². The third-order valence-electron chi connectivity index (χ3n) is 2.54. The zero-order chi connectivity index (χ0) is 15.4. The number of amides is 2. The molecular formula is C14H12FN3O3. The Balaban J connectivity index is 2.08. The van der Waals surface area contributed by atoms with Crippen LogP contribution in [0.1, 0.15) is 15.9 Å². The average Bonchev–Trinajstić information content (AvgIpc) is 2.37. The molecule has 6 nitrogen and oxygen atoms in total. The van der Waals surface area contributed by atoms with E-state index in [4.69, 9.17) is 5.11 Å². The first kappa shape index (κ1) is 14.4. The third kappa shape index (κ3) is 4.00. The van der Waals surface area contributed by atoms with E-state index in [0.29, 0.717) is 11.3 Å². The van der Waals surface area contributed by atoms with E-state index in [2.05, 4.69) is 15.6 Å². The number of hydrogen-bond donors (Lipinski definition) is 3. The minimum Gasteiger partial charge on any atom is -0.478 e. The minimum atomic E-state index is -1.15. The molecule has 108 valence electrons. The highest BCUT2D eigenvalue weighted by atomic mass is 19.1. The van der Waals surface area contributed by atoms with Gasteiger partial charge in [0.2, 0.25) is 0 Å². The Hall–Kier alpha value is -2.96. The number of aromatic carboxylic acids is 1. The maximum absolute atomic E-state index is 13.2. The molecule has 3 N–H and O–H groups in total. The van der Waals surface area contributed by atoms with E-state index in [-0.39, 0.29) is 11.3 Å². The third-order valence-corrected chi connectivity index (χ3v) is 2.54. The van der Waals surface area contributed by atoms with Crippen LogP contribution in [0.25, 0.3) is 0 Å². The van der Waals surface area contributed by atoms with Crippen molar-refractivity contribution in [2.75, 3.05) is 10.6 Å². The fraction of sp³-hybridized carbons (Fsp3) is 0.0714. The van der Waals surface area contributed by atoms with Gasteiger partial charge in [-0.05, 0) is 36.8 Å². The lowest BCUT2D eigenvalue weighted by molar-refractivity contribution is 0.0696. The molecule has 0 spiro atoms. The number of halogens is 1. The van der Waals surface area contributed by atoms with Gasteiger partial charge in [-0.1, -0.05) is 0 Å². The highest BCUT2D eigenvalue weighted by Gasteiger charge is 2.08. The monoisotopic (exact) mass is 289 g/mol. The molecule has 0 aliphatic heterocycles. The summed E-state index contributed by atoms with van der Waals surface area (Å²) in [6, 6.07) is 4.77. The van der Waals surface area contributed by atoms with Gasteiger partial charge in [-0.25, -0.2) is 14.0 Å². The molecule has 0 bridgehead atoms. The van der Waals surface area contributed by atoms with Crippen LogP contribution in [0.3, 0.4) is 0 Å². The highest BCUT2D eigenvalue weighted by Crippen LogP contribution is 2.14. The predicted octanol–water partition coefficient (Wildman–Crippen LogP) is 2.87. The molecule has 1 heterocycles. The van der Waals surface area contributed by atoms with Gasteiger partial charge in [0.05, 0.1) is 17.4 Å². The van der Waals surface area contributed by atoms with Crippen LogP contribution in [-0.2, 0) is 0 Å². The summed E-state index contributed by atoms with van der Waals surface area (Å²) in [5.41, 5.74) is 1.14.